The molecule has 0 radical (unpaired) electrons. The van der Waals surface area contributed by atoms with Crippen LogP contribution in [0.15, 0.2) is 0 Å². The maximum atomic E-state index is 2.43. The Balaban J connectivity index is 2.26. The quantitative estimate of drug-likeness (QED) is 0.557. The van der Waals surface area contributed by atoms with Crippen LogP contribution in [0, 0.1) is 11.8 Å². The third-order valence-corrected chi connectivity index (χ3v) is 3.71. The maximum absolute atomic E-state index is 2.43. The molecule has 1 fully saturated rings. The van der Waals surface area contributed by atoms with Gasteiger partial charge in [0.15, 0.2) is 0 Å². The van der Waals surface area contributed by atoms with Gasteiger partial charge in [-0.3, -0.25) is 0 Å². The summed E-state index contributed by atoms with van der Waals surface area (Å²) in [5.41, 5.74) is 0. The van der Waals surface area contributed by atoms with E-state index in [0.717, 1.165) is 11.8 Å². The highest BCUT2D eigenvalue weighted by molar-refractivity contribution is 4.75. The standard InChI is InChI=1S/C12H26N/c1-5-13(4,6-2)10-11(3)9-12-7-8-12/h11-12H,5-10H2,1-4H3/q+1. The average Bonchev–Trinajstić information content (AvgIpc) is 2.88. The van der Waals surface area contributed by atoms with Gasteiger partial charge >= 0.3 is 0 Å². The van der Waals surface area contributed by atoms with Crippen LogP contribution in [0.1, 0.15) is 40.0 Å². The molecule has 0 spiro atoms. The minimum absolute atomic E-state index is 0.928. The van der Waals surface area contributed by atoms with E-state index in [4.69, 9.17) is 0 Å². The van der Waals surface area contributed by atoms with Crippen LogP contribution in [0.3, 0.4) is 0 Å². The summed E-state index contributed by atoms with van der Waals surface area (Å²) in [6, 6.07) is 0. The van der Waals surface area contributed by atoms with Crippen molar-refractivity contribution in [1.29, 1.82) is 0 Å². The predicted octanol–water partition coefficient (Wildman–Crippen LogP) is 2.91. The summed E-state index contributed by atoms with van der Waals surface area (Å²) < 4.78 is 1.26. The molecule has 13 heavy (non-hydrogen) atoms. The zero-order chi connectivity index (χ0) is 9.90. The fraction of sp³-hybridized carbons (Fsp3) is 1.00. The van der Waals surface area contributed by atoms with Crippen LogP contribution < -0.4 is 0 Å². The summed E-state index contributed by atoms with van der Waals surface area (Å²) in [6.45, 7) is 11.0. The fourth-order valence-corrected chi connectivity index (χ4v) is 2.23. The van der Waals surface area contributed by atoms with Gasteiger partial charge in [-0.2, -0.15) is 0 Å². The zero-order valence-electron chi connectivity index (χ0n) is 9.84. The molecule has 1 unspecified atom stereocenters. The van der Waals surface area contributed by atoms with E-state index in [-0.39, 0.29) is 0 Å². The van der Waals surface area contributed by atoms with Gasteiger partial charge in [0.25, 0.3) is 0 Å². The van der Waals surface area contributed by atoms with Crippen molar-refractivity contribution in [1.82, 2.24) is 0 Å². The third kappa shape index (κ3) is 3.68. The molecule has 78 valence electrons. The van der Waals surface area contributed by atoms with Gasteiger partial charge in [-0.25, -0.2) is 0 Å². The summed E-state index contributed by atoms with van der Waals surface area (Å²) in [5.74, 6) is 2.02. The lowest BCUT2D eigenvalue weighted by Gasteiger charge is -2.34. The molecule has 0 bridgehead atoms. The molecule has 1 heteroatoms. The monoisotopic (exact) mass is 184 g/mol. The minimum atomic E-state index is 0.928. The van der Waals surface area contributed by atoms with Crippen molar-refractivity contribution in [2.24, 2.45) is 11.8 Å². The first-order valence-electron chi connectivity index (χ1n) is 5.93. The summed E-state index contributed by atoms with van der Waals surface area (Å²) in [7, 11) is 2.39. The van der Waals surface area contributed by atoms with Gasteiger partial charge in [0.2, 0.25) is 0 Å². The summed E-state index contributed by atoms with van der Waals surface area (Å²) in [5, 5.41) is 0. The summed E-state index contributed by atoms with van der Waals surface area (Å²) in [6.07, 6.45) is 4.49. The molecule has 1 rings (SSSR count). The Labute approximate surface area is 83.7 Å². The van der Waals surface area contributed by atoms with E-state index in [1.165, 1.54) is 43.4 Å². The van der Waals surface area contributed by atoms with Gasteiger partial charge in [0.1, 0.15) is 0 Å². The van der Waals surface area contributed by atoms with Gasteiger partial charge in [0, 0.05) is 5.92 Å². The summed E-state index contributed by atoms with van der Waals surface area (Å²) in [4.78, 5) is 0. The van der Waals surface area contributed by atoms with Crippen molar-refractivity contribution in [2.45, 2.75) is 40.0 Å². The van der Waals surface area contributed by atoms with Crippen LogP contribution in [-0.4, -0.2) is 31.2 Å². The first-order chi connectivity index (χ1) is 6.09. The lowest BCUT2D eigenvalue weighted by atomic mass is 10.0. The molecule has 0 aromatic carbocycles. The van der Waals surface area contributed by atoms with E-state index >= 15 is 0 Å². The normalized spacial score (nSPS) is 20.3. The first kappa shape index (κ1) is 11.0. The number of hydrogen-bond donors (Lipinski definition) is 0. The van der Waals surface area contributed by atoms with Crippen molar-refractivity contribution in [2.75, 3.05) is 26.7 Å². The van der Waals surface area contributed by atoms with Crippen LogP contribution in [0.25, 0.3) is 0 Å². The molecular formula is C12H26N+. The number of nitrogens with zero attached hydrogens (tertiary/aromatic N) is 1. The second-order valence-corrected chi connectivity index (χ2v) is 5.22. The van der Waals surface area contributed by atoms with E-state index in [2.05, 4.69) is 27.8 Å². The fourth-order valence-electron chi connectivity index (χ4n) is 2.23. The van der Waals surface area contributed by atoms with Crippen LogP contribution in [-0.2, 0) is 0 Å². The second-order valence-electron chi connectivity index (χ2n) is 5.22. The van der Waals surface area contributed by atoms with E-state index in [1.807, 2.05) is 0 Å². The topological polar surface area (TPSA) is 0 Å². The molecule has 1 aliphatic rings. The lowest BCUT2D eigenvalue weighted by molar-refractivity contribution is -0.909. The van der Waals surface area contributed by atoms with Crippen molar-refractivity contribution >= 4 is 0 Å². The predicted molar refractivity (Wildman–Crippen MR) is 58.6 cm³/mol. The van der Waals surface area contributed by atoms with E-state index < -0.39 is 0 Å². The summed E-state index contributed by atoms with van der Waals surface area (Å²) >= 11 is 0. The average molecular weight is 184 g/mol. The molecular weight excluding hydrogens is 158 g/mol. The number of rotatable bonds is 6. The number of quaternary nitrogens is 1. The molecule has 0 heterocycles. The zero-order valence-corrected chi connectivity index (χ0v) is 9.84. The molecule has 0 aromatic heterocycles. The Morgan fingerprint density at radius 2 is 1.77 bits per heavy atom. The molecule has 0 amide bonds. The van der Waals surface area contributed by atoms with Crippen LogP contribution in [0.4, 0.5) is 0 Å². The van der Waals surface area contributed by atoms with Crippen molar-refractivity contribution < 1.29 is 4.48 Å². The largest absolute Gasteiger partial charge is 0.326 e. The highest BCUT2D eigenvalue weighted by Gasteiger charge is 2.27. The second kappa shape index (κ2) is 4.45. The first-order valence-corrected chi connectivity index (χ1v) is 5.93. The van der Waals surface area contributed by atoms with Gasteiger partial charge in [-0.1, -0.05) is 19.8 Å². The SMILES string of the molecule is CC[N+](C)(CC)CC(C)CC1CC1. The molecule has 1 nitrogen and oxygen atoms in total. The number of hydrogen-bond acceptors (Lipinski definition) is 0. The Bertz CT molecular complexity index is 145. The van der Waals surface area contributed by atoms with Gasteiger partial charge in [-0.15, -0.1) is 0 Å². The molecule has 0 aliphatic heterocycles. The molecule has 1 atom stereocenters. The molecule has 1 aliphatic carbocycles. The van der Waals surface area contributed by atoms with E-state index in [1.54, 1.807) is 0 Å². The van der Waals surface area contributed by atoms with Gasteiger partial charge < -0.3 is 4.48 Å². The highest BCUT2D eigenvalue weighted by atomic mass is 15.3. The Morgan fingerprint density at radius 1 is 1.23 bits per heavy atom. The van der Waals surface area contributed by atoms with Crippen LogP contribution in [0.5, 0.6) is 0 Å². The van der Waals surface area contributed by atoms with Crippen LogP contribution in [0.2, 0.25) is 0 Å². The molecule has 0 aromatic rings. The molecule has 0 N–H and O–H groups in total. The maximum Gasteiger partial charge on any atom is 0.0810 e. The van der Waals surface area contributed by atoms with E-state index in [9.17, 15) is 0 Å². The lowest BCUT2D eigenvalue weighted by Crippen LogP contribution is -2.46. The minimum Gasteiger partial charge on any atom is -0.326 e. The Morgan fingerprint density at radius 3 is 2.15 bits per heavy atom. The van der Waals surface area contributed by atoms with E-state index in [0.29, 0.717) is 0 Å². The van der Waals surface area contributed by atoms with Gasteiger partial charge in [-0.05, 0) is 26.2 Å². The van der Waals surface area contributed by atoms with Gasteiger partial charge in [0.05, 0.1) is 26.7 Å². The van der Waals surface area contributed by atoms with Crippen LogP contribution >= 0.6 is 0 Å². The molecule has 1 saturated carbocycles. The third-order valence-electron chi connectivity index (χ3n) is 3.71. The van der Waals surface area contributed by atoms with Crippen molar-refractivity contribution in [3.63, 3.8) is 0 Å². The van der Waals surface area contributed by atoms with Crippen molar-refractivity contribution in [3.8, 4) is 0 Å². The van der Waals surface area contributed by atoms with Crippen molar-refractivity contribution in [3.05, 3.63) is 0 Å². The highest BCUT2D eigenvalue weighted by Crippen LogP contribution is 2.35. The Kier molecular flexibility index (Phi) is 3.78. The molecule has 0 saturated heterocycles. The Hall–Kier alpha value is -0.0400. The smallest absolute Gasteiger partial charge is 0.0810 e.